The summed E-state index contributed by atoms with van der Waals surface area (Å²) in [7, 11) is 0. The number of halogens is 2. The highest BCUT2D eigenvalue weighted by Gasteiger charge is 2.38. The van der Waals surface area contributed by atoms with E-state index in [1.165, 1.54) is 12.1 Å². The lowest BCUT2D eigenvalue weighted by Crippen LogP contribution is -2.65. The van der Waals surface area contributed by atoms with Crippen LogP contribution in [-0.4, -0.2) is 132 Å². The molecule has 330 valence electrons. The average molecular weight is 871 g/mol. The van der Waals surface area contributed by atoms with E-state index in [-0.39, 0.29) is 29.4 Å². The Hall–Kier alpha value is -6.35. The molecule has 0 bridgehead atoms. The van der Waals surface area contributed by atoms with Gasteiger partial charge in [-0.1, -0.05) is 17.7 Å². The van der Waals surface area contributed by atoms with Crippen molar-refractivity contribution in [3.05, 3.63) is 46.5 Å². The van der Waals surface area contributed by atoms with Crippen LogP contribution in [0.25, 0.3) is 0 Å². The number of rotatable bonds is 13. The highest BCUT2D eigenvalue weighted by Crippen LogP contribution is 2.16. The molecule has 1 saturated heterocycles. The van der Waals surface area contributed by atoms with Crippen molar-refractivity contribution in [3.63, 3.8) is 0 Å². The van der Waals surface area contributed by atoms with E-state index in [9.17, 15) is 53.0 Å². The van der Waals surface area contributed by atoms with E-state index in [0.717, 1.165) is 6.07 Å². The van der Waals surface area contributed by atoms with Crippen molar-refractivity contribution in [2.75, 3.05) is 26.3 Å². The molecule has 3 unspecified atom stereocenters. The van der Waals surface area contributed by atoms with E-state index in [0.29, 0.717) is 25.6 Å². The number of guanidine groups is 1. The zero-order valence-corrected chi connectivity index (χ0v) is 32.6. The summed E-state index contributed by atoms with van der Waals surface area (Å²) >= 11 is 5.77. The largest absolute Gasteiger partial charge is 0.445 e. The number of primary amides is 1. The average Bonchev–Trinajstić information content (AvgIpc) is 3.18. The number of aliphatic hydroxyl groups is 2. The Balaban J connectivity index is 1.98. The van der Waals surface area contributed by atoms with Gasteiger partial charge in [-0.2, -0.15) is 0 Å². The van der Waals surface area contributed by atoms with Gasteiger partial charge in [-0.25, -0.2) is 19.0 Å². The third kappa shape index (κ3) is 15.1. The lowest BCUT2D eigenvalue weighted by Gasteiger charge is -2.34. The minimum Gasteiger partial charge on any atom is -0.445 e. The second kappa shape index (κ2) is 23.3. The van der Waals surface area contributed by atoms with Gasteiger partial charge in [0.2, 0.25) is 29.5 Å². The summed E-state index contributed by atoms with van der Waals surface area (Å²) in [6.07, 6.45) is -1.49. The van der Waals surface area contributed by atoms with E-state index >= 15 is 0 Å². The number of hydrogen-bond donors (Lipinski definition) is 15. The molecule has 7 atom stereocenters. The van der Waals surface area contributed by atoms with E-state index in [2.05, 4.69) is 47.5 Å². The molecule has 2 heterocycles. The molecule has 19 N–H and O–H groups in total. The maximum atomic E-state index is 14.2. The summed E-state index contributed by atoms with van der Waals surface area (Å²) in [5, 5.41) is 40.6. The van der Waals surface area contributed by atoms with Gasteiger partial charge in [-0.15, -0.1) is 0 Å². The number of nitrogens with one attached hydrogen (secondary N) is 9. The fraction of sp³-hybridized carbons (Fsp3) is 0.485. The molecule has 1 aromatic carbocycles. The number of urea groups is 1. The van der Waals surface area contributed by atoms with Crippen LogP contribution in [0.3, 0.4) is 0 Å². The lowest BCUT2D eigenvalue weighted by atomic mass is 10.00. The molecular weight excluding hydrogens is 823 g/mol. The number of aliphatic hydroxyl groups excluding tert-OH is 2. The van der Waals surface area contributed by atoms with Crippen LogP contribution in [0.5, 0.6) is 0 Å². The van der Waals surface area contributed by atoms with E-state index in [1.807, 2.05) is 5.32 Å². The number of ether oxygens (including phenoxy) is 1. The van der Waals surface area contributed by atoms with Crippen molar-refractivity contribution in [2.45, 2.75) is 74.7 Å². The minimum atomic E-state index is -1.84. The van der Waals surface area contributed by atoms with Crippen molar-refractivity contribution >= 4 is 65.1 Å². The van der Waals surface area contributed by atoms with Crippen LogP contribution in [0, 0.1) is 5.82 Å². The standard InChI is InChI=1S/C33H48ClFN14O11/c34-15-4-3-14(17(35)6-15)13-60-33(59)48-23-8-18(46-31(38)47-23)25-30(57)40-9-19(42-24(52)7-16(37)2-1-5-36)26(53)44-22(12-51)29(56)45-21(11-50)28(55)43-20(27(54)49-25)10-41-32(39)58/h3-4,6,10,16,18-19,21-23,25,50-51H,1-2,5,7-9,11-13,36-37H2,(H,40,57)(H,42,52)(H,43,55)(H,44,53)(H,45,56)(H,48,59)(H,49,54)(H3,38,46,47)(H3,39,41,58)/b20-10-/t16-,18?,19?,21+,22+,23?,25+/m0/s1. The van der Waals surface area contributed by atoms with Crippen molar-refractivity contribution in [2.24, 2.45) is 27.9 Å². The van der Waals surface area contributed by atoms with Crippen LogP contribution >= 0.6 is 11.6 Å². The fourth-order valence-corrected chi connectivity index (χ4v) is 5.69. The van der Waals surface area contributed by atoms with Crippen LogP contribution in [-0.2, 0) is 40.1 Å². The molecule has 9 amide bonds. The Morgan fingerprint density at radius 1 is 1.00 bits per heavy atom. The monoisotopic (exact) mass is 870 g/mol. The Bertz CT molecular complexity index is 1840. The number of alkyl carbamates (subject to hydrolysis) is 1. The summed E-state index contributed by atoms with van der Waals surface area (Å²) in [6.45, 7) is -3.08. The fourth-order valence-electron chi connectivity index (χ4n) is 5.54. The van der Waals surface area contributed by atoms with Gasteiger partial charge in [0.1, 0.15) is 48.5 Å². The first-order valence-corrected chi connectivity index (χ1v) is 18.5. The number of nitrogens with two attached hydrogens (primary N) is 4. The molecule has 0 aromatic heterocycles. The van der Waals surface area contributed by atoms with Gasteiger partial charge in [-0.05, 0) is 31.5 Å². The van der Waals surface area contributed by atoms with Gasteiger partial charge in [0.15, 0.2) is 5.96 Å². The first kappa shape index (κ1) is 48.0. The predicted octanol–water partition coefficient (Wildman–Crippen LogP) is -6.16. The van der Waals surface area contributed by atoms with Crippen molar-refractivity contribution < 1.29 is 57.7 Å². The normalized spacial score (nSPS) is 24.2. The number of nitrogens with zero attached hydrogens (tertiary/aromatic N) is 1. The molecule has 60 heavy (non-hydrogen) atoms. The van der Waals surface area contributed by atoms with Gasteiger partial charge in [0, 0.05) is 42.2 Å². The summed E-state index contributed by atoms with van der Waals surface area (Å²) in [5.41, 5.74) is 21.9. The summed E-state index contributed by atoms with van der Waals surface area (Å²) in [4.78, 5) is 109. The minimum absolute atomic E-state index is 0.00912. The molecule has 2 aliphatic rings. The van der Waals surface area contributed by atoms with Gasteiger partial charge in [0.25, 0.3) is 5.91 Å². The lowest BCUT2D eigenvalue weighted by molar-refractivity contribution is -0.135. The Kier molecular flexibility index (Phi) is 18.6. The molecule has 1 fully saturated rings. The number of hydrogen-bond acceptors (Lipinski definition) is 16. The number of carbonyl (C=O) groups is 8. The second-order valence-corrected chi connectivity index (χ2v) is 13.7. The van der Waals surface area contributed by atoms with Crippen LogP contribution in [0.4, 0.5) is 14.0 Å². The number of carbonyl (C=O) groups excluding carboxylic acids is 8. The molecule has 0 aliphatic carbocycles. The second-order valence-electron chi connectivity index (χ2n) is 13.2. The predicted molar refractivity (Wildman–Crippen MR) is 206 cm³/mol. The number of aliphatic imine (C=N–C) groups is 1. The Morgan fingerprint density at radius 3 is 2.33 bits per heavy atom. The van der Waals surface area contributed by atoms with Crippen molar-refractivity contribution in [3.8, 4) is 0 Å². The summed E-state index contributed by atoms with van der Waals surface area (Å²) in [5.74, 6) is -7.79. The molecule has 27 heteroatoms. The third-order valence-electron chi connectivity index (χ3n) is 8.59. The van der Waals surface area contributed by atoms with E-state index < -0.39 is 128 Å². The maximum absolute atomic E-state index is 14.2. The SMILES string of the molecule is NCCC[C@H](N)CC(=O)NC1CNC(=O)[C@@H](C2CC(NC(=O)OCc3ccc(Cl)cc3F)N=C(N)N2)NC(=O)/C(=C/NC(N)=O)NC(=O)[C@@H](CO)NC(=O)[C@@H](CO)NC1=O. The highest BCUT2D eigenvalue weighted by atomic mass is 35.5. The zero-order chi connectivity index (χ0) is 44.5. The quantitative estimate of drug-likeness (QED) is 0.0821. The first-order chi connectivity index (χ1) is 28.4. The first-order valence-electron chi connectivity index (χ1n) is 18.1. The topological polar surface area (TPSA) is 411 Å². The van der Waals surface area contributed by atoms with E-state index in [1.54, 1.807) is 0 Å². The Labute approximate surface area is 345 Å². The molecular formula is C33H48ClFN14O11. The van der Waals surface area contributed by atoms with Gasteiger partial charge in [-0.3, -0.25) is 34.1 Å². The number of amides is 9. The van der Waals surface area contributed by atoms with Crippen LogP contribution in [0.1, 0.15) is 31.2 Å². The summed E-state index contributed by atoms with van der Waals surface area (Å²) < 4.78 is 19.3. The van der Waals surface area contributed by atoms with Gasteiger partial charge >= 0.3 is 12.1 Å². The highest BCUT2D eigenvalue weighted by molar-refractivity contribution is 6.30. The van der Waals surface area contributed by atoms with Crippen molar-refractivity contribution in [1.82, 2.24) is 47.9 Å². The zero-order valence-electron chi connectivity index (χ0n) is 31.8. The van der Waals surface area contributed by atoms with Gasteiger partial charge < -0.3 is 80.4 Å². The maximum Gasteiger partial charge on any atom is 0.409 e. The molecule has 2 aliphatic heterocycles. The van der Waals surface area contributed by atoms with Gasteiger partial charge in [0.05, 0.1) is 19.3 Å². The molecule has 0 saturated carbocycles. The van der Waals surface area contributed by atoms with Crippen LogP contribution in [0.15, 0.2) is 35.1 Å². The molecule has 25 nitrogen and oxygen atoms in total. The molecule has 0 spiro atoms. The molecule has 0 radical (unpaired) electrons. The van der Waals surface area contributed by atoms with Crippen molar-refractivity contribution in [1.29, 1.82) is 0 Å². The molecule has 1 aromatic rings. The smallest absolute Gasteiger partial charge is 0.409 e. The third-order valence-corrected chi connectivity index (χ3v) is 8.82. The summed E-state index contributed by atoms with van der Waals surface area (Å²) in [6, 6.07) is -6.53. The van der Waals surface area contributed by atoms with Crippen LogP contribution < -0.4 is 70.8 Å². The number of benzene rings is 1. The van der Waals surface area contributed by atoms with E-state index in [4.69, 9.17) is 39.3 Å². The molecule has 3 rings (SSSR count). The Morgan fingerprint density at radius 2 is 1.68 bits per heavy atom. The van der Waals surface area contributed by atoms with Crippen LogP contribution in [0.2, 0.25) is 5.02 Å².